The van der Waals surface area contributed by atoms with E-state index in [1.165, 1.54) is 5.56 Å². The van der Waals surface area contributed by atoms with Crippen LogP contribution in [0.3, 0.4) is 0 Å². The van der Waals surface area contributed by atoms with Gasteiger partial charge in [-0.15, -0.1) is 24.0 Å². The van der Waals surface area contributed by atoms with E-state index in [1.807, 2.05) is 35.1 Å². The van der Waals surface area contributed by atoms with Crippen molar-refractivity contribution < 1.29 is 4.74 Å². The monoisotopic (exact) mass is 443 g/mol. The first-order chi connectivity index (χ1) is 11.3. The van der Waals surface area contributed by atoms with Gasteiger partial charge in [0.15, 0.2) is 5.96 Å². The minimum atomic E-state index is 0. The van der Waals surface area contributed by atoms with Gasteiger partial charge in [-0.05, 0) is 37.1 Å². The summed E-state index contributed by atoms with van der Waals surface area (Å²) in [6.07, 6.45) is 4.75. The quantitative estimate of drug-likeness (QED) is 0.285. The third-order valence-electron chi connectivity index (χ3n) is 3.29. The first-order valence-electron chi connectivity index (χ1n) is 7.89. The lowest BCUT2D eigenvalue weighted by Crippen LogP contribution is -2.39. The smallest absolute Gasteiger partial charge is 0.191 e. The molecular weight excluding hydrogens is 417 g/mol. The number of hydrogen-bond acceptors (Lipinski definition) is 3. The number of aryl methyl sites for hydroxylation is 2. The Morgan fingerprint density at radius 2 is 2.08 bits per heavy atom. The summed E-state index contributed by atoms with van der Waals surface area (Å²) < 4.78 is 7.62. The fourth-order valence-corrected chi connectivity index (χ4v) is 2.14. The van der Waals surface area contributed by atoms with Crippen LogP contribution >= 0.6 is 24.0 Å². The molecule has 0 unspecified atom stereocenters. The fraction of sp³-hybridized carbons (Fsp3) is 0.412. The van der Waals surface area contributed by atoms with Crippen LogP contribution in [-0.2, 0) is 6.54 Å². The van der Waals surface area contributed by atoms with Crippen LogP contribution < -0.4 is 15.4 Å². The van der Waals surface area contributed by atoms with Gasteiger partial charge >= 0.3 is 0 Å². The summed E-state index contributed by atoms with van der Waals surface area (Å²) in [5.41, 5.74) is 1.20. The molecule has 1 heterocycles. The molecule has 132 valence electrons. The van der Waals surface area contributed by atoms with E-state index in [0.29, 0.717) is 13.2 Å². The van der Waals surface area contributed by atoms with Crippen LogP contribution in [-0.4, -0.2) is 42.5 Å². The molecule has 0 amide bonds. The SMILES string of the molecule is CN=C(NCCCn1cccn1)NCCOc1cccc(C)c1.I. The van der Waals surface area contributed by atoms with E-state index in [0.717, 1.165) is 31.2 Å². The molecule has 0 radical (unpaired) electrons. The van der Waals surface area contributed by atoms with Crippen molar-refractivity contribution in [3.8, 4) is 5.75 Å². The summed E-state index contributed by atoms with van der Waals surface area (Å²) >= 11 is 0. The molecule has 24 heavy (non-hydrogen) atoms. The van der Waals surface area contributed by atoms with E-state index in [-0.39, 0.29) is 24.0 Å². The molecule has 0 bridgehead atoms. The van der Waals surface area contributed by atoms with Gasteiger partial charge < -0.3 is 15.4 Å². The molecule has 0 spiro atoms. The zero-order valence-electron chi connectivity index (χ0n) is 14.2. The zero-order chi connectivity index (χ0) is 16.3. The third-order valence-corrected chi connectivity index (χ3v) is 3.29. The maximum Gasteiger partial charge on any atom is 0.191 e. The predicted octanol–water partition coefficient (Wildman–Crippen LogP) is 2.44. The van der Waals surface area contributed by atoms with Crippen molar-refractivity contribution in [2.24, 2.45) is 4.99 Å². The molecule has 0 aliphatic rings. The summed E-state index contributed by atoms with van der Waals surface area (Å²) in [5, 5.41) is 10.7. The van der Waals surface area contributed by atoms with E-state index in [1.54, 1.807) is 13.2 Å². The summed E-state index contributed by atoms with van der Waals surface area (Å²) in [5.74, 6) is 1.69. The molecule has 0 saturated carbocycles. The molecule has 6 nitrogen and oxygen atoms in total. The Balaban J connectivity index is 0.00000288. The van der Waals surface area contributed by atoms with E-state index in [2.05, 4.69) is 33.7 Å². The topological polar surface area (TPSA) is 63.5 Å². The lowest BCUT2D eigenvalue weighted by molar-refractivity contribution is 0.321. The number of benzene rings is 1. The van der Waals surface area contributed by atoms with E-state index in [9.17, 15) is 0 Å². The maximum absolute atomic E-state index is 5.70. The Bertz CT molecular complexity index is 601. The van der Waals surface area contributed by atoms with Crippen LogP contribution in [0.15, 0.2) is 47.7 Å². The minimum absolute atomic E-state index is 0. The Kier molecular flexibility index (Phi) is 9.90. The number of guanidine groups is 1. The third kappa shape index (κ3) is 7.67. The highest BCUT2D eigenvalue weighted by atomic mass is 127. The van der Waals surface area contributed by atoms with Gasteiger partial charge in [0.25, 0.3) is 0 Å². The van der Waals surface area contributed by atoms with Crippen molar-refractivity contribution in [1.82, 2.24) is 20.4 Å². The zero-order valence-corrected chi connectivity index (χ0v) is 16.6. The molecule has 1 aromatic heterocycles. The Labute approximate surface area is 160 Å². The van der Waals surface area contributed by atoms with Gasteiger partial charge in [-0.2, -0.15) is 5.10 Å². The molecule has 2 N–H and O–H groups in total. The summed E-state index contributed by atoms with van der Waals surface area (Å²) in [7, 11) is 1.77. The molecule has 0 saturated heterocycles. The van der Waals surface area contributed by atoms with Gasteiger partial charge in [0, 0.05) is 32.5 Å². The van der Waals surface area contributed by atoms with Gasteiger partial charge in [0.05, 0.1) is 6.54 Å². The number of hydrogen-bond donors (Lipinski definition) is 2. The number of rotatable bonds is 8. The number of halogens is 1. The number of aromatic nitrogens is 2. The largest absolute Gasteiger partial charge is 0.492 e. The van der Waals surface area contributed by atoms with Crippen LogP contribution in [0.25, 0.3) is 0 Å². The highest BCUT2D eigenvalue weighted by Gasteiger charge is 1.98. The summed E-state index contributed by atoms with van der Waals surface area (Å²) in [6, 6.07) is 9.98. The molecule has 0 aliphatic carbocycles. The molecule has 1 aromatic carbocycles. The second-order valence-electron chi connectivity index (χ2n) is 5.21. The Morgan fingerprint density at radius 3 is 2.79 bits per heavy atom. The number of ether oxygens (including phenoxy) is 1. The molecule has 2 rings (SSSR count). The van der Waals surface area contributed by atoms with Crippen LogP contribution in [0.1, 0.15) is 12.0 Å². The predicted molar refractivity (Wildman–Crippen MR) is 108 cm³/mol. The van der Waals surface area contributed by atoms with Gasteiger partial charge in [-0.1, -0.05) is 12.1 Å². The average Bonchev–Trinajstić information content (AvgIpc) is 3.07. The van der Waals surface area contributed by atoms with Gasteiger partial charge in [0.2, 0.25) is 0 Å². The van der Waals surface area contributed by atoms with Gasteiger partial charge in [-0.25, -0.2) is 0 Å². The van der Waals surface area contributed by atoms with Crippen molar-refractivity contribution in [1.29, 1.82) is 0 Å². The molecule has 0 aliphatic heterocycles. The second kappa shape index (κ2) is 11.7. The second-order valence-corrected chi connectivity index (χ2v) is 5.21. The maximum atomic E-state index is 5.70. The van der Waals surface area contributed by atoms with Crippen LogP contribution in [0.4, 0.5) is 0 Å². The highest BCUT2D eigenvalue weighted by Crippen LogP contribution is 2.11. The Morgan fingerprint density at radius 1 is 1.25 bits per heavy atom. The standard InChI is InChI=1S/C17H25N5O.HI/c1-15-6-3-7-16(14-15)23-13-10-20-17(18-2)19-8-4-11-22-12-5-9-21-22;/h3,5-7,9,12,14H,4,8,10-11,13H2,1-2H3,(H2,18,19,20);1H. The van der Waals surface area contributed by atoms with Crippen molar-refractivity contribution in [3.63, 3.8) is 0 Å². The number of nitrogens with one attached hydrogen (secondary N) is 2. The highest BCUT2D eigenvalue weighted by molar-refractivity contribution is 14.0. The van der Waals surface area contributed by atoms with Gasteiger partial charge in [-0.3, -0.25) is 9.67 Å². The fourth-order valence-electron chi connectivity index (χ4n) is 2.14. The summed E-state index contributed by atoms with van der Waals surface area (Å²) in [4.78, 5) is 4.20. The number of nitrogens with zero attached hydrogens (tertiary/aromatic N) is 3. The van der Waals surface area contributed by atoms with E-state index < -0.39 is 0 Å². The van der Waals surface area contributed by atoms with Crippen molar-refractivity contribution in [2.75, 3.05) is 26.7 Å². The molecule has 7 heteroatoms. The van der Waals surface area contributed by atoms with Crippen LogP contribution in [0.2, 0.25) is 0 Å². The van der Waals surface area contributed by atoms with Crippen molar-refractivity contribution in [2.45, 2.75) is 19.9 Å². The lowest BCUT2D eigenvalue weighted by atomic mass is 10.2. The minimum Gasteiger partial charge on any atom is -0.492 e. The van der Waals surface area contributed by atoms with Crippen LogP contribution in [0.5, 0.6) is 5.75 Å². The molecular formula is C17H26IN5O. The molecule has 0 fully saturated rings. The van der Waals surface area contributed by atoms with E-state index in [4.69, 9.17) is 4.74 Å². The van der Waals surface area contributed by atoms with E-state index >= 15 is 0 Å². The van der Waals surface area contributed by atoms with Gasteiger partial charge in [0.1, 0.15) is 12.4 Å². The average molecular weight is 443 g/mol. The first kappa shape index (κ1) is 20.3. The normalized spacial score (nSPS) is 10.8. The molecule has 2 aromatic rings. The van der Waals surface area contributed by atoms with Crippen LogP contribution in [0, 0.1) is 6.92 Å². The van der Waals surface area contributed by atoms with Crippen molar-refractivity contribution in [3.05, 3.63) is 48.3 Å². The first-order valence-corrected chi connectivity index (χ1v) is 7.89. The molecule has 0 atom stereocenters. The van der Waals surface area contributed by atoms with Crippen molar-refractivity contribution >= 4 is 29.9 Å². The lowest BCUT2D eigenvalue weighted by Gasteiger charge is -2.12. The Hall–Kier alpha value is -1.77. The summed E-state index contributed by atoms with van der Waals surface area (Å²) in [6.45, 7) is 5.09. The number of aliphatic imine (C=N–C) groups is 1.